The van der Waals surface area contributed by atoms with Crippen LogP contribution in [0.3, 0.4) is 0 Å². The molecule has 0 heterocycles. The Morgan fingerprint density at radius 1 is 1.00 bits per heavy atom. The Labute approximate surface area is 80.8 Å². The van der Waals surface area contributed by atoms with Crippen LogP contribution in [-0.4, -0.2) is 8.07 Å². The standard InChI is InChI=1S/C11H17FSi/c1-8-9(2)11(13(3,4)5)7-6-10(8)12/h6-7H,1-5H3. The average Bonchev–Trinajstić information content (AvgIpc) is 1.98. The molecule has 0 unspecified atom stereocenters. The van der Waals surface area contributed by atoms with Gasteiger partial charge in [-0.25, -0.2) is 4.39 Å². The van der Waals surface area contributed by atoms with Gasteiger partial charge in [0, 0.05) is 0 Å². The van der Waals surface area contributed by atoms with Crippen molar-refractivity contribution in [2.75, 3.05) is 0 Å². The highest BCUT2D eigenvalue weighted by atomic mass is 28.3. The van der Waals surface area contributed by atoms with E-state index in [0.717, 1.165) is 11.1 Å². The molecule has 0 fully saturated rings. The molecule has 0 aliphatic carbocycles. The third-order valence-corrected chi connectivity index (χ3v) is 4.69. The average molecular weight is 196 g/mol. The van der Waals surface area contributed by atoms with Crippen molar-refractivity contribution in [2.24, 2.45) is 0 Å². The molecule has 1 aromatic rings. The molecule has 13 heavy (non-hydrogen) atoms. The van der Waals surface area contributed by atoms with E-state index in [0.29, 0.717) is 0 Å². The third kappa shape index (κ3) is 1.99. The van der Waals surface area contributed by atoms with Gasteiger partial charge in [0.05, 0.1) is 8.07 Å². The zero-order valence-electron chi connectivity index (χ0n) is 9.03. The first-order chi connectivity index (χ1) is 5.84. The van der Waals surface area contributed by atoms with Gasteiger partial charge in [0.2, 0.25) is 0 Å². The van der Waals surface area contributed by atoms with Crippen LogP contribution < -0.4 is 5.19 Å². The maximum absolute atomic E-state index is 13.2. The Kier molecular flexibility index (Phi) is 2.62. The molecule has 0 saturated carbocycles. The molecule has 0 spiro atoms. The largest absolute Gasteiger partial charge is 0.207 e. The topological polar surface area (TPSA) is 0 Å². The minimum Gasteiger partial charge on any atom is -0.207 e. The zero-order chi connectivity index (χ0) is 10.2. The molecule has 0 bridgehead atoms. The molecule has 0 nitrogen and oxygen atoms in total. The summed E-state index contributed by atoms with van der Waals surface area (Å²) in [6.45, 7) is 10.7. The first-order valence-electron chi connectivity index (χ1n) is 4.60. The molecular weight excluding hydrogens is 179 g/mol. The predicted octanol–water partition coefficient (Wildman–Crippen LogP) is 2.99. The van der Waals surface area contributed by atoms with Crippen LogP contribution in [0.2, 0.25) is 19.6 Å². The Morgan fingerprint density at radius 3 is 2.00 bits per heavy atom. The van der Waals surface area contributed by atoms with Crippen LogP contribution in [0.4, 0.5) is 4.39 Å². The maximum Gasteiger partial charge on any atom is 0.126 e. The van der Waals surface area contributed by atoms with E-state index < -0.39 is 8.07 Å². The summed E-state index contributed by atoms with van der Waals surface area (Å²) in [5.41, 5.74) is 1.94. The SMILES string of the molecule is Cc1c(F)ccc([Si](C)(C)C)c1C. The molecule has 0 aliphatic rings. The minimum absolute atomic E-state index is 0.0838. The van der Waals surface area contributed by atoms with E-state index in [1.807, 2.05) is 19.9 Å². The number of halogens is 1. The van der Waals surface area contributed by atoms with E-state index >= 15 is 0 Å². The summed E-state index contributed by atoms with van der Waals surface area (Å²) >= 11 is 0. The highest BCUT2D eigenvalue weighted by molar-refractivity contribution is 6.89. The number of hydrogen-bond donors (Lipinski definition) is 0. The van der Waals surface area contributed by atoms with Crippen molar-refractivity contribution < 1.29 is 4.39 Å². The van der Waals surface area contributed by atoms with Gasteiger partial charge in [-0.15, -0.1) is 0 Å². The van der Waals surface area contributed by atoms with Crippen LogP contribution in [-0.2, 0) is 0 Å². The lowest BCUT2D eigenvalue weighted by Crippen LogP contribution is -2.39. The molecule has 0 amide bonds. The smallest absolute Gasteiger partial charge is 0.126 e. The summed E-state index contributed by atoms with van der Waals surface area (Å²) in [7, 11) is -1.30. The molecule has 1 rings (SSSR count). The summed E-state index contributed by atoms with van der Waals surface area (Å²) < 4.78 is 13.2. The fraction of sp³-hybridized carbons (Fsp3) is 0.455. The lowest BCUT2D eigenvalue weighted by Gasteiger charge is -2.20. The van der Waals surface area contributed by atoms with Gasteiger partial charge in [-0.2, -0.15) is 0 Å². The number of hydrogen-bond acceptors (Lipinski definition) is 0. The molecule has 2 heteroatoms. The summed E-state index contributed by atoms with van der Waals surface area (Å²) in [6.07, 6.45) is 0. The van der Waals surface area contributed by atoms with Crippen molar-refractivity contribution in [3.63, 3.8) is 0 Å². The van der Waals surface area contributed by atoms with Crippen molar-refractivity contribution in [3.05, 3.63) is 29.1 Å². The van der Waals surface area contributed by atoms with E-state index in [-0.39, 0.29) is 5.82 Å². The minimum atomic E-state index is -1.30. The highest BCUT2D eigenvalue weighted by Crippen LogP contribution is 2.13. The fourth-order valence-corrected chi connectivity index (χ4v) is 3.50. The van der Waals surface area contributed by atoms with Crippen molar-refractivity contribution in [3.8, 4) is 0 Å². The third-order valence-electron chi connectivity index (χ3n) is 2.53. The Hall–Kier alpha value is -0.633. The van der Waals surface area contributed by atoms with Gasteiger partial charge >= 0.3 is 0 Å². The van der Waals surface area contributed by atoms with Gasteiger partial charge in [-0.3, -0.25) is 0 Å². The molecule has 0 aliphatic heterocycles. The van der Waals surface area contributed by atoms with E-state index in [4.69, 9.17) is 0 Å². The summed E-state index contributed by atoms with van der Waals surface area (Å²) in [6, 6.07) is 3.54. The molecule has 0 atom stereocenters. The predicted molar refractivity (Wildman–Crippen MR) is 58.9 cm³/mol. The lowest BCUT2D eigenvalue weighted by molar-refractivity contribution is 0.617. The Bertz CT molecular complexity index is 324. The Morgan fingerprint density at radius 2 is 1.54 bits per heavy atom. The van der Waals surface area contributed by atoms with Crippen molar-refractivity contribution in [1.29, 1.82) is 0 Å². The van der Waals surface area contributed by atoms with Crippen LogP contribution in [0.1, 0.15) is 11.1 Å². The molecule has 0 N–H and O–H groups in total. The van der Waals surface area contributed by atoms with Gasteiger partial charge in [-0.05, 0) is 31.0 Å². The molecule has 0 radical (unpaired) electrons. The van der Waals surface area contributed by atoms with Gasteiger partial charge in [0.1, 0.15) is 5.82 Å². The van der Waals surface area contributed by atoms with Gasteiger partial charge in [-0.1, -0.05) is 30.9 Å². The van der Waals surface area contributed by atoms with E-state index in [1.165, 1.54) is 5.19 Å². The maximum atomic E-state index is 13.2. The second-order valence-electron chi connectivity index (χ2n) is 4.59. The zero-order valence-corrected chi connectivity index (χ0v) is 10.0. The van der Waals surface area contributed by atoms with Gasteiger partial charge < -0.3 is 0 Å². The monoisotopic (exact) mass is 196 g/mol. The molecule has 0 aromatic heterocycles. The summed E-state index contributed by atoms with van der Waals surface area (Å²) in [5, 5.41) is 1.37. The Balaban J connectivity index is 3.35. The van der Waals surface area contributed by atoms with Crippen molar-refractivity contribution in [2.45, 2.75) is 33.5 Å². The number of benzene rings is 1. The van der Waals surface area contributed by atoms with Crippen molar-refractivity contribution >= 4 is 13.3 Å². The molecule has 0 saturated heterocycles. The van der Waals surface area contributed by atoms with Crippen LogP contribution in [0.5, 0.6) is 0 Å². The molecule has 72 valence electrons. The fourth-order valence-electron chi connectivity index (χ4n) is 1.60. The normalized spacial score (nSPS) is 11.8. The van der Waals surface area contributed by atoms with E-state index in [2.05, 4.69) is 19.6 Å². The van der Waals surface area contributed by atoms with E-state index in [1.54, 1.807) is 6.07 Å². The van der Waals surface area contributed by atoms with Gasteiger partial charge in [0.15, 0.2) is 0 Å². The lowest BCUT2D eigenvalue weighted by atomic mass is 10.1. The summed E-state index contributed by atoms with van der Waals surface area (Å²) in [4.78, 5) is 0. The quantitative estimate of drug-likeness (QED) is 0.606. The second-order valence-corrected chi connectivity index (χ2v) is 9.63. The molecular formula is C11H17FSi. The number of rotatable bonds is 1. The van der Waals surface area contributed by atoms with Crippen LogP contribution in [0.25, 0.3) is 0 Å². The van der Waals surface area contributed by atoms with Crippen LogP contribution in [0, 0.1) is 19.7 Å². The highest BCUT2D eigenvalue weighted by Gasteiger charge is 2.20. The van der Waals surface area contributed by atoms with Gasteiger partial charge in [0.25, 0.3) is 0 Å². The van der Waals surface area contributed by atoms with E-state index in [9.17, 15) is 4.39 Å². The first-order valence-corrected chi connectivity index (χ1v) is 8.10. The first kappa shape index (κ1) is 10.4. The van der Waals surface area contributed by atoms with Crippen LogP contribution in [0.15, 0.2) is 12.1 Å². The second kappa shape index (κ2) is 3.26. The molecule has 1 aromatic carbocycles. The summed E-state index contributed by atoms with van der Waals surface area (Å²) in [5.74, 6) is -0.0838. The van der Waals surface area contributed by atoms with Crippen molar-refractivity contribution in [1.82, 2.24) is 0 Å². The van der Waals surface area contributed by atoms with Crippen LogP contribution >= 0.6 is 0 Å².